The summed E-state index contributed by atoms with van der Waals surface area (Å²) in [5.41, 5.74) is 30.5. The lowest BCUT2D eigenvalue weighted by Gasteiger charge is -2.36. The Balaban J connectivity index is 1.60. The lowest BCUT2D eigenvalue weighted by molar-refractivity contribution is 0.441. The molecule has 2 aromatic rings. The maximum absolute atomic E-state index is 6.16. The Morgan fingerprint density at radius 2 is 1.26 bits per heavy atom. The van der Waals surface area contributed by atoms with Gasteiger partial charge in [0, 0.05) is 50.3 Å². The Labute approximate surface area is 184 Å². The molecular formula is C17H28ClN13. The van der Waals surface area contributed by atoms with E-state index < -0.39 is 0 Å². The van der Waals surface area contributed by atoms with Crippen molar-refractivity contribution < 1.29 is 0 Å². The molecular weight excluding hydrogens is 422 g/mol. The van der Waals surface area contributed by atoms with E-state index in [4.69, 9.17) is 34.5 Å². The summed E-state index contributed by atoms with van der Waals surface area (Å²) in [6.45, 7) is 2.41. The van der Waals surface area contributed by atoms with Crippen molar-refractivity contribution in [1.29, 1.82) is 0 Å². The molecule has 13 nitrogen and oxygen atoms in total. The fraction of sp³-hybridized carbons (Fsp3) is 0.588. The van der Waals surface area contributed by atoms with Crippen molar-refractivity contribution in [2.75, 3.05) is 46.8 Å². The first kappa shape index (κ1) is 21.6. The largest absolute Gasteiger partial charge is 0.338 e. The standard InChI is InChI=1S/C17H28ClN13/c18-13-1-2-14(27-26-13)28-29-15-23-16(30-5-9(19)3-10(20)6-30)25-17(24-15)31-7-11(21)4-12(22)8-31/h1-2,9-12H,3-8,19-22H2,(H,27,28)(H,23,24,25,29). The number of halogens is 1. The predicted octanol–water partition coefficient (Wildman–Crippen LogP) is -1.52. The Hall–Kier alpha value is -2.58. The maximum atomic E-state index is 6.16. The van der Waals surface area contributed by atoms with Gasteiger partial charge in [-0.25, -0.2) is 0 Å². The molecule has 0 aromatic carbocycles. The topological polar surface area (TPSA) is 199 Å². The van der Waals surface area contributed by atoms with E-state index in [-0.39, 0.29) is 24.2 Å². The zero-order chi connectivity index (χ0) is 22.0. The first-order valence-corrected chi connectivity index (χ1v) is 10.5. The van der Waals surface area contributed by atoms with Crippen molar-refractivity contribution in [3.8, 4) is 0 Å². The van der Waals surface area contributed by atoms with Crippen LogP contribution in [0.25, 0.3) is 0 Å². The van der Waals surface area contributed by atoms with E-state index in [1.165, 1.54) is 0 Å². The van der Waals surface area contributed by atoms with E-state index in [9.17, 15) is 0 Å². The highest BCUT2D eigenvalue weighted by molar-refractivity contribution is 6.29. The van der Waals surface area contributed by atoms with E-state index >= 15 is 0 Å². The molecule has 4 unspecified atom stereocenters. The minimum absolute atomic E-state index is 0.0559. The van der Waals surface area contributed by atoms with Gasteiger partial charge in [0.15, 0.2) is 11.0 Å². The molecule has 4 rings (SSSR count). The normalized spacial score (nSPS) is 26.6. The van der Waals surface area contributed by atoms with Gasteiger partial charge in [0.25, 0.3) is 0 Å². The summed E-state index contributed by atoms with van der Waals surface area (Å²) in [7, 11) is 0. The summed E-state index contributed by atoms with van der Waals surface area (Å²) in [4.78, 5) is 17.7. The second kappa shape index (κ2) is 9.28. The molecule has 168 valence electrons. The molecule has 0 radical (unpaired) electrons. The Morgan fingerprint density at radius 1 is 0.742 bits per heavy atom. The highest BCUT2D eigenvalue weighted by Gasteiger charge is 2.28. The van der Waals surface area contributed by atoms with Crippen LogP contribution in [0.15, 0.2) is 12.1 Å². The minimum Gasteiger partial charge on any atom is -0.338 e. The number of nitrogens with zero attached hydrogens (tertiary/aromatic N) is 7. The van der Waals surface area contributed by atoms with Gasteiger partial charge in [-0.15, -0.1) is 10.2 Å². The zero-order valence-corrected chi connectivity index (χ0v) is 17.8. The molecule has 0 bridgehead atoms. The third-order valence-corrected chi connectivity index (χ3v) is 5.34. The summed E-state index contributed by atoms with van der Waals surface area (Å²) >= 11 is 5.78. The number of nitrogens with two attached hydrogens (primary N) is 4. The molecule has 31 heavy (non-hydrogen) atoms. The Kier molecular flexibility index (Phi) is 6.48. The molecule has 2 saturated heterocycles. The minimum atomic E-state index is -0.0559. The predicted molar refractivity (Wildman–Crippen MR) is 120 cm³/mol. The van der Waals surface area contributed by atoms with Crippen LogP contribution < -0.4 is 43.6 Å². The number of hydrogen-bond donors (Lipinski definition) is 6. The SMILES string of the molecule is NC1CC(N)CN(c2nc(NNc3ccc(Cl)nn3)nc(N3CC(N)CC(N)C3)n2)C1. The number of piperidine rings is 2. The van der Waals surface area contributed by atoms with Crippen molar-refractivity contribution >= 4 is 35.3 Å². The van der Waals surface area contributed by atoms with Crippen molar-refractivity contribution in [1.82, 2.24) is 25.1 Å². The summed E-state index contributed by atoms with van der Waals surface area (Å²) in [5, 5.41) is 8.04. The second-order valence-electron chi connectivity index (χ2n) is 8.07. The van der Waals surface area contributed by atoms with Crippen LogP contribution in [0.5, 0.6) is 0 Å². The Morgan fingerprint density at radius 3 is 1.71 bits per heavy atom. The molecule has 0 saturated carbocycles. The molecule has 10 N–H and O–H groups in total. The van der Waals surface area contributed by atoms with E-state index in [0.29, 0.717) is 55.0 Å². The molecule has 0 amide bonds. The van der Waals surface area contributed by atoms with Crippen LogP contribution in [0, 0.1) is 0 Å². The fourth-order valence-electron chi connectivity index (χ4n) is 3.88. The monoisotopic (exact) mass is 449 g/mol. The third-order valence-electron chi connectivity index (χ3n) is 5.14. The summed E-state index contributed by atoms with van der Waals surface area (Å²) < 4.78 is 0. The van der Waals surface area contributed by atoms with Gasteiger partial charge in [-0.1, -0.05) is 11.6 Å². The van der Waals surface area contributed by atoms with E-state index in [2.05, 4.69) is 36.0 Å². The van der Waals surface area contributed by atoms with Gasteiger partial charge >= 0.3 is 0 Å². The van der Waals surface area contributed by atoms with Crippen LogP contribution in [0.2, 0.25) is 5.15 Å². The first-order chi connectivity index (χ1) is 14.9. The van der Waals surface area contributed by atoms with Gasteiger partial charge in [-0.3, -0.25) is 10.9 Å². The molecule has 2 fully saturated rings. The van der Waals surface area contributed by atoms with E-state index in [0.717, 1.165) is 12.8 Å². The number of anilines is 4. The number of aromatic nitrogens is 5. The van der Waals surface area contributed by atoms with Gasteiger partial charge in [-0.2, -0.15) is 15.0 Å². The lowest BCUT2D eigenvalue weighted by Crippen LogP contribution is -2.54. The smallest absolute Gasteiger partial charge is 0.248 e. The number of rotatable bonds is 5. The average Bonchev–Trinajstić information content (AvgIpc) is 2.72. The average molecular weight is 450 g/mol. The van der Waals surface area contributed by atoms with Gasteiger partial charge in [-0.05, 0) is 25.0 Å². The van der Waals surface area contributed by atoms with Crippen molar-refractivity contribution in [3.63, 3.8) is 0 Å². The first-order valence-electron chi connectivity index (χ1n) is 10.1. The zero-order valence-electron chi connectivity index (χ0n) is 17.0. The van der Waals surface area contributed by atoms with Gasteiger partial charge in [0.2, 0.25) is 17.8 Å². The van der Waals surface area contributed by atoms with Gasteiger partial charge in [0.1, 0.15) is 0 Å². The van der Waals surface area contributed by atoms with E-state index in [1.807, 2.05) is 9.80 Å². The quantitative estimate of drug-likeness (QED) is 0.288. The fourth-order valence-corrected chi connectivity index (χ4v) is 3.98. The molecule has 0 aliphatic carbocycles. The number of hydrogen-bond acceptors (Lipinski definition) is 13. The van der Waals surface area contributed by atoms with E-state index in [1.54, 1.807) is 12.1 Å². The highest BCUT2D eigenvalue weighted by atomic mass is 35.5. The van der Waals surface area contributed by atoms with Gasteiger partial charge < -0.3 is 32.7 Å². The summed E-state index contributed by atoms with van der Waals surface area (Å²) in [6.07, 6.45) is 1.51. The third kappa shape index (κ3) is 5.57. The van der Waals surface area contributed by atoms with Crippen LogP contribution in [0.1, 0.15) is 12.8 Å². The molecule has 2 aliphatic heterocycles. The summed E-state index contributed by atoms with van der Waals surface area (Å²) in [6, 6.07) is 3.07. The number of hydrazine groups is 1. The van der Waals surface area contributed by atoms with Crippen molar-refractivity contribution in [2.24, 2.45) is 22.9 Å². The molecule has 4 atom stereocenters. The van der Waals surface area contributed by atoms with Crippen LogP contribution in [0.4, 0.5) is 23.7 Å². The maximum Gasteiger partial charge on any atom is 0.248 e. The molecule has 4 heterocycles. The molecule has 14 heteroatoms. The molecule has 2 aromatic heterocycles. The summed E-state index contributed by atoms with van der Waals surface area (Å²) in [5.74, 6) is 1.72. The molecule has 2 aliphatic rings. The van der Waals surface area contributed by atoms with Crippen LogP contribution >= 0.6 is 11.6 Å². The lowest BCUT2D eigenvalue weighted by atomic mass is 10.0. The van der Waals surface area contributed by atoms with Crippen molar-refractivity contribution in [2.45, 2.75) is 37.0 Å². The van der Waals surface area contributed by atoms with Crippen LogP contribution in [-0.2, 0) is 0 Å². The second-order valence-corrected chi connectivity index (χ2v) is 8.46. The van der Waals surface area contributed by atoms with Gasteiger partial charge in [0.05, 0.1) is 0 Å². The molecule has 0 spiro atoms. The Bertz CT molecular complexity index is 817. The van der Waals surface area contributed by atoms with Crippen LogP contribution in [0.3, 0.4) is 0 Å². The van der Waals surface area contributed by atoms with Crippen molar-refractivity contribution in [3.05, 3.63) is 17.3 Å². The highest BCUT2D eigenvalue weighted by Crippen LogP contribution is 2.22. The number of nitrogens with one attached hydrogen (secondary N) is 2. The van der Waals surface area contributed by atoms with Crippen LogP contribution in [-0.4, -0.2) is 75.5 Å².